The Morgan fingerprint density at radius 3 is 2.89 bits per heavy atom. The molecule has 0 spiro atoms. The van der Waals surface area contributed by atoms with Gasteiger partial charge in [0.05, 0.1) is 0 Å². The number of aryl methyl sites for hydroxylation is 1. The van der Waals surface area contributed by atoms with Gasteiger partial charge >= 0.3 is 0 Å². The van der Waals surface area contributed by atoms with Gasteiger partial charge in [-0.05, 0) is 25.1 Å². The first-order valence-corrected chi connectivity index (χ1v) is 6.47. The molecule has 19 heavy (non-hydrogen) atoms. The predicted molar refractivity (Wildman–Crippen MR) is 72.1 cm³/mol. The van der Waals surface area contributed by atoms with Crippen molar-refractivity contribution in [3.63, 3.8) is 0 Å². The highest BCUT2D eigenvalue weighted by Crippen LogP contribution is 2.27. The number of ether oxygens (including phenoxy) is 1. The van der Waals surface area contributed by atoms with Crippen molar-refractivity contribution in [3.05, 3.63) is 40.5 Å². The monoisotopic (exact) mass is 281 g/mol. The molecule has 1 aromatic heterocycles. The first kappa shape index (κ1) is 13.8. The molecule has 0 aliphatic heterocycles. The molecule has 0 amide bonds. The minimum absolute atomic E-state index is 0.162. The van der Waals surface area contributed by atoms with Crippen LogP contribution in [-0.2, 0) is 13.0 Å². The summed E-state index contributed by atoms with van der Waals surface area (Å²) in [4.78, 5) is 4.18. The second-order valence-electron chi connectivity index (χ2n) is 4.22. The van der Waals surface area contributed by atoms with Gasteiger partial charge in [0.15, 0.2) is 6.61 Å². The molecule has 2 N–H and O–H groups in total. The summed E-state index contributed by atoms with van der Waals surface area (Å²) < 4.78 is 10.7. The second-order valence-corrected chi connectivity index (χ2v) is 4.65. The van der Waals surface area contributed by atoms with Crippen molar-refractivity contribution >= 4 is 11.6 Å². The van der Waals surface area contributed by atoms with Gasteiger partial charge in [-0.2, -0.15) is 4.98 Å². The van der Waals surface area contributed by atoms with Gasteiger partial charge in [-0.1, -0.05) is 23.7 Å². The lowest BCUT2D eigenvalue weighted by molar-refractivity contribution is 0.281. The van der Waals surface area contributed by atoms with Crippen LogP contribution in [0.15, 0.2) is 22.7 Å². The summed E-state index contributed by atoms with van der Waals surface area (Å²) in [6.45, 7) is 4.07. The fourth-order valence-electron chi connectivity index (χ4n) is 1.64. The Bertz CT molecular complexity index is 555. The minimum atomic E-state index is -0.162. The molecule has 0 unspecified atom stereocenters. The molecule has 1 aromatic carbocycles. The third-order valence-electron chi connectivity index (χ3n) is 2.63. The average Bonchev–Trinajstić information content (AvgIpc) is 2.85. The third-order valence-corrected chi connectivity index (χ3v) is 2.87. The van der Waals surface area contributed by atoms with Gasteiger partial charge < -0.3 is 15.0 Å². The Labute approximate surface area is 116 Å². The van der Waals surface area contributed by atoms with Crippen molar-refractivity contribution in [2.75, 3.05) is 0 Å². The zero-order valence-electron chi connectivity index (χ0n) is 10.9. The Kier molecular flexibility index (Phi) is 4.39. The molecular formula is C13H16ClN3O2. The predicted octanol–water partition coefficient (Wildman–Crippen LogP) is 2.88. The normalized spacial score (nSPS) is 12.4. The highest BCUT2D eigenvalue weighted by atomic mass is 35.5. The van der Waals surface area contributed by atoms with Crippen LogP contribution in [0, 0.1) is 0 Å². The fraction of sp³-hybridized carbons (Fsp3) is 0.385. The van der Waals surface area contributed by atoms with E-state index in [0.29, 0.717) is 28.9 Å². The molecule has 0 aliphatic carbocycles. The second kappa shape index (κ2) is 6.04. The van der Waals surface area contributed by atoms with Crippen molar-refractivity contribution in [3.8, 4) is 5.75 Å². The van der Waals surface area contributed by atoms with Crippen LogP contribution in [-0.4, -0.2) is 10.1 Å². The fourth-order valence-corrected chi connectivity index (χ4v) is 1.82. The van der Waals surface area contributed by atoms with Gasteiger partial charge in [-0.15, -0.1) is 0 Å². The van der Waals surface area contributed by atoms with Gasteiger partial charge in [0, 0.05) is 23.0 Å². The first-order valence-electron chi connectivity index (χ1n) is 6.09. The molecule has 5 nitrogen and oxygen atoms in total. The van der Waals surface area contributed by atoms with E-state index in [-0.39, 0.29) is 12.6 Å². The number of hydrogen-bond donors (Lipinski definition) is 1. The molecular weight excluding hydrogens is 266 g/mol. The van der Waals surface area contributed by atoms with Crippen LogP contribution in [0.4, 0.5) is 0 Å². The topological polar surface area (TPSA) is 74.2 Å². The van der Waals surface area contributed by atoms with E-state index in [1.165, 1.54) is 0 Å². The van der Waals surface area contributed by atoms with Crippen LogP contribution in [0.3, 0.4) is 0 Å². The van der Waals surface area contributed by atoms with Crippen molar-refractivity contribution in [2.24, 2.45) is 5.73 Å². The smallest absolute Gasteiger partial charge is 0.226 e. The van der Waals surface area contributed by atoms with E-state index >= 15 is 0 Å². The van der Waals surface area contributed by atoms with Crippen LogP contribution in [0.25, 0.3) is 0 Å². The average molecular weight is 282 g/mol. The zero-order chi connectivity index (χ0) is 13.8. The number of rotatable bonds is 5. The molecule has 0 aliphatic rings. The number of halogens is 1. The Hall–Kier alpha value is -1.59. The van der Waals surface area contributed by atoms with Crippen molar-refractivity contribution in [1.29, 1.82) is 0 Å². The molecule has 2 aromatic rings. The Morgan fingerprint density at radius 2 is 2.26 bits per heavy atom. The van der Waals surface area contributed by atoms with Crippen LogP contribution in [0.2, 0.25) is 5.02 Å². The highest BCUT2D eigenvalue weighted by Gasteiger charge is 2.11. The Balaban J connectivity index is 2.10. The van der Waals surface area contributed by atoms with E-state index in [1.54, 1.807) is 18.2 Å². The molecule has 102 valence electrons. The first-order chi connectivity index (χ1) is 9.10. The molecule has 0 saturated carbocycles. The molecule has 0 saturated heterocycles. The maximum Gasteiger partial charge on any atom is 0.226 e. The minimum Gasteiger partial charge on any atom is -0.485 e. The molecule has 0 fully saturated rings. The molecule has 2 rings (SSSR count). The number of hydrogen-bond acceptors (Lipinski definition) is 5. The Morgan fingerprint density at radius 1 is 1.47 bits per heavy atom. The van der Waals surface area contributed by atoms with E-state index in [1.807, 2.05) is 13.8 Å². The van der Waals surface area contributed by atoms with Crippen molar-refractivity contribution in [2.45, 2.75) is 32.9 Å². The lowest BCUT2D eigenvalue weighted by Crippen LogP contribution is -2.08. The van der Waals surface area contributed by atoms with Crippen molar-refractivity contribution in [1.82, 2.24) is 10.1 Å². The molecule has 0 radical (unpaired) electrons. The van der Waals surface area contributed by atoms with E-state index in [4.69, 9.17) is 26.6 Å². The van der Waals surface area contributed by atoms with Crippen LogP contribution >= 0.6 is 11.6 Å². The summed E-state index contributed by atoms with van der Waals surface area (Å²) >= 11 is 5.95. The quantitative estimate of drug-likeness (QED) is 0.912. The lowest BCUT2D eigenvalue weighted by atomic mass is 10.1. The maximum atomic E-state index is 5.95. The van der Waals surface area contributed by atoms with Crippen LogP contribution < -0.4 is 10.5 Å². The summed E-state index contributed by atoms with van der Waals surface area (Å²) in [6.07, 6.45) is 0.707. The van der Waals surface area contributed by atoms with Gasteiger partial charge in [0.1, 0.15) is 5.75 Å². The van der Waals surface area contributed by atoms with E-state index in [0.717, 1.165) is 5.56 Å². The van der Waals surface area contributed by atoms with E-state index < -0.39 is 0 Å². The SMILES string of the molecule is CCc1nc(COc2ccc(Cl)cc2[C@@H](C)N)no1. The number of benzene rings is 1. The molecule has 6 heteroatoms. The van der Waals surface area contributed by atoms with Gasteiger partial charge in [0.2, 0.25) is 11.7 Å². The van der Waals surface area contributed by atoms with Crippen LogP contribution in [0.1, 0.15) is 37.2 Å². The largest absolute Gasteiger partial charge is 0.485 e. The number of aromatic nitrogens is 2. The van der Waals surface area contributed by atoms with Gasteiger partial charge in [0.25, 0.3) is 0 Å². The summed E-state index contributed by atoms with van der Waals surface area (Å²) in [5.74, 6) is 1.80. The molecule has 1 heterocycles. The lowest BCUT2D eigenvalue weighted by Gasteiger charge is -2.13. The summed E-state index contributed by atoms with van der Waals surface area (Å²) in [7, 11) is 0. The summed E-state index contributed by atoms with van der Waals surface area (Å²) in [5.41, 5.74) is 6.74. The van der Waals surface area contributed by atoms with E-state index in [2.05, 4.69) is 10.1 Å². The van der Waals surface area contributed by atoms with Crippen LogP contribution in [0.5, 0.6) is 5.75 Å². The third kappa shape index (κ3) is 3.45. The van der Waals surface area contributed by atoms with Gasteiger partial charge in [-0.25, -0.2) is 0 Å². The number of nitrogens with zero attached hydrogens (tertiary/aromatic N) is 2. The number of nitrogens with two attached hydrogens (primary N) is 1. The molecule has 0 bridgehead atoms. The zero-order valence-corrected chi connectivity index (χ0v) is 11.6. The maximum absolute atomic E-state index is 5.95. The summed E-state index contributed by atoms with van der Waals surface area (Å²) in [5, 5.41) is 4.46. The standard InChI is InChI=1S/C13H16ClN3O2/c1-3-13-16-12(17-19-13)7-18-11-5-4-9(14)6-10(11)8(2)15/h4-6,8H,3,7,15H2,1-2H3/t8-/m1/s1. The molecule has 1 atom stereocenters. The summed E-state index contributed by atoms with van der Waals surface area (Å²) in [6, 6.07) is 5.19. The van der Waals surface area contributed by atoms with Crippen molar-refractivity contribution < 1.29 is 9.26 Å². The van der Waals surface area contributed by atoms with Gasteiger partial charge in [-0.3, -0.25) is 0 Å². The van der Waals surface area contributed by atoms with E-state index in [9.17, 15) is 0 Å². The highest BCUT2D eigenvalue weighted by molar-refractivity contribution is 6.30.